The monoisotopic (exact) mass is 1300 g/mol. The number of likely N-dealkylation sites (tertiary alicyclic amines) is 1. The van der Waals surface area contributed by atoms with Gasteiger partial charge in [-0.1, -0.05) is 61.4 Å². The summed E-state index contributed by atoms with van der Waals surface area (Å²) < 4.78 is 101. The summed E-state index contributed by atoms with van der Waals surface area (Å²) >= 11 is 7.73. The number of piperazine rings is 2. The second-order valence-electron chi connectivity index (χ2n) is 25.5. The molecular weight excluding hydrogens is 1220 g/mol. The first kappa shape index (κ1) is 64.4. The number of alkyl halides is 3. The topological polar surface area (TPSA) is 184 Å². The highest BCUT2D eigenvalue weighted by atomic mass is 35.5. The Hall–Kier alpha value is -6.14. The number of imide groups is 1. The van der Waals surface area contributed by atoms with Crippen molar-refractivity contribution in [3.63, 3.8) is 0 Å². The Kier molecular flexibility index (Phi) is 19.8. The summed E-state index contributed by atoms with van der Waals surface area (Å²) in [4.78, 5) is 48.6. The summed E-state index contributed by atoms with van der Waals surface area (Å²) in [5.74, 6) is -0.701. The lowest BCUT2D eigenvalue weighted by Crippen LogP contribution is -2.55. The second-order valence-corrected chi connectivity index (χ2v) is 30.6. The second kappa shape index (κ2) is 27.4. The average molecular weight is 1300 g/mol. The molecule has 476 valence electrons. The number of nitrogens with zero attached hydrogens (tertiary/aromatic N) is 5. The molecule has 5 aromatic carbocycles. The maximum atomic E-state index is 14.6. The van der Waals surface area contributed by atoms with E-state index in [4.69, 9.17) is 11.6 Å². The Balaban J connectivity index is 0.701. The van der Waals surface area contributed by atoms with Crippen molar-refractivity contribution in [2.45, 2.75) is 116 Å². The minimum atomic E-state index is -6.11. The number of rotatable bonds is 20. The summed E-state index contributed by atoms with van der Waals surface area (Å²) in [6.07, 6.45) is 7.77. The van der Waals surface area contributed by atoms with Crippen LogP contribution in [0.2, 0.25) is 5.02 Å². The Labute approximate surface area is 530 Å². The van der Waals surface area contributed by atoms with Gasteiger partial charge < -0.3 is 25.3 Å². The van der Waals surface area contributed by atoms with Crippen LogP contribution in [-0.2, 0) is 35.9 Å². The van der Waals surface area contributed by atoms with Gasteiger partial charge in [-0.2, -0.15) is 13.2 Å². The molecule has 4 saturated heterocycles. The molecule has 0 bridgehead atoms. The number of aryl methyl sites for hydroxylation is 1. The van der Waals surface area contributed by atoms with Gasteiger partial charge in [-0.3, -0.25) is 29.5 Å². The molecule has 11 rings (SSSR count). The molecule has 1 aliphatic carbocycles. The van der Waals surface area contributed by atoms with Gasteiger partial charge >= 0.3 is 5.51 Å². The fraction of sp³-hybridized carbons (Fsp3) is 0.470. The number of piperidine rings is 2. The highest BCUT2D eigenvalue weighted by molar-refractivity contribution is 7.99. The lowest BCUT2D eigenvalue weighted by Gasteiger charge is -2.47. The van der Waals surface area contributed by atoms with Crippen LogP contribution < -0.4 is 30.5 Å². The zero-order chi connectivity index (χ0) is 62.7. The predicted molar refractivity (Wildman–Crippen MR) is 346 cm³/mol. The van der Waals surface area contributed by atoms with E-state index in [-0.39, 0.29) is 28.8 Å². The summed E-state index contributed by atoms with van der Waals surface area (Å²) in [5.41, 5.74) is 1.97. The molecule has 0 radical (unpaired) electrons. The zero-order valence-corrected chi connectivity index (χ0v) is 53.6. The lowest BCUT2D eigenvalue weighted by atomic mass is 9.72. The largest absolute Gasteiger partial charge is 0.501 e. The van der Waals surface area contributed by atoms with E-state index in [0.29, 0.717) is 55.0 Å². The number of hydrogen-bond acceptors (Lipinski definition) is 15. The van der Waals surface area contributed by atoms with E-state index in [9.17, 15) is 44.4 Å². The number of hydrogen-bond donors (Lipinski definition) is 4. The van der Waals surface area contributed by atoms with Crippen LogP contribution >= 0.6 is 23.4 Å². The van der Waals surface area contributed by atoms with E-state index in [1.54, 1.807) is 12.1 Å². The molecule has 3 amide bonds. The van der Waals surface area contributed by atoms with Crippen LogP contribution in [0.15, 0.2) is 136 Å². The maximum absolute atomic E-state index is 14.6. The first-order valence-corrected chi connectivity index (χ1v) is 35.3. The molecule has 5 aliphatic heterocycles. The Morgan fingerprint density at radius 2 is 1.52 bits per heavy atom. The van der Waals surface area contributed by atoms with Gasteiger partial charge in [0.15, 0.2) is 0 Å². The lowest BCUT2D eigenvalue weighted by molar-refractivity contribution is -0.133. The molecule has 0 aromatic heterocycles. The normalized spacial score (nSPS) is 21.2. The van der Waals surface area contributed by atoms with Crippen molar-refractivity contribution < 1.29 is 44.4 Å². The molecule has 23 heteroatoms. The minimum Gasteiger partial charge on any atom is -0.380 e. The maximum Gasteiger partial charge on any atom is 0.501 e. The Bertz CT molecular complexity index is 3640. The fourth-order valence-electron chi connectivity index (χ4n) is 13.6. The SMILES string of the molecule is CC1(C)CCC(c2ccc(Cl)cc2)=C(CN2CCN3c4ccc(C(=O)NS(=O)(=O)c5ccc(N[C@H](CCN6CCC(CN7CCN(c8ccc(NC9CCC(=O)NC9=O)cc8)CC7)CC6)CSc6ccccc6)c(S(=O)(=O)C(F)(F)F)c5)cc4CCC3C2)C1. The number of sulfonamides is 1. The number of carbonyl (C=O) groups is 3. The predicted octanol–water partition coefficient (Wildman–Crippen LogP) is 10.6. The van der Waals surface area contributed by atoms with Crippen molar-refractivity contribution in [2.75, 3.05) is 105 Å². The van der Waals surface area contributed by atoms with Crippen molar-refractivity contribution in [3.8, 4) is 0 Å². The summed E-state index contributed by atoms with van der Waals surface area (Å²) in [5, 5.41) is 9.44. The highest BCUT2D eigenvalue weighted by Crippen LogP contribution is 2.44. The van der Waals surface area contributed by atoms with Crippen LogP contribution in [0.1, 0.15) is 93.1 Å². The summed E-state index contributed by atoms with van der Waals surface area (Å²) in [7, 11) is -11.0. The highest BCUT2D eigenvalue weighted by Gasteiger charge is 2.49. The molecule has 16 nitrogen and oxygen atoms in total. The van der Waals surface area contributed by atoms with Crippen LogP contribution in [0.5, 0.6) is 0 Å². The number of fused-ring (bicyclic) bond motifs is 3. The number of benzene rings is 5. The van der Waals surface area contributed by atoms with Crippen LogP contribution in [-0.4, -0.2) is 157 Å². The third kappa shape index (κ3) is 15.8. The molecule has 0 spiro atoms. The molecule has 6 aliphatic rings. The van der Waals surface area contributed by atoms with Gasteiger partial charge in [-0.05, 0) is 184 Å². The summed E-state index contributed by atoms with van der Waals surface area (Å²) in [6, 6.07) is 32.5. The minimum absolute atomic E-state index is 0.0502. The molecule has 3 atom stereocenters. The van der Waals surface area contributed by atoms with Gasteiger partial charge in [0.05, 0.1) is 10.6 Å². The van der Waals surface area contributed by atoms with Gasteiger partial charge in [0.2, 0.25) is 11.8 Å². The van der Waals surface area contributed by atoms with Crippen LogP contribution in [0.25, 0.3) is 5.57 Å². The summed E-state index contributed by atoms with van der Waals surface area (Å²) in [6.45, 7) is 14.8. The first-order valence-electron chi connectivity index (χ1n) is 31.0. The molecular formula is C66H79ClF3N9O7S3. The van der Waals surface area contributed by atoms with Gasteiger partial charge in [0, 0.05) is 122 Å². The molecule has 5 heterocycles. The van der Waals surface area contributed by atoms with E-state index >= 15 is 0 Å². The fourth-order valence-corrected chi connectivity index (χ4v) is 16.7. The van der Waals surface area contributed by atoms with Gasteiger partial charge in [0.25, 0.3) is 25.8 Å². The van der Waals surface area contributed by atoms with E-state index in [1.165, 1.54) is 28.5 Å². The number of halogens is 4. The Morgan fingerprint density at radius 3 is 2.24 bits per heavy atom. The third-order valence-corrected chi connectivity index (χ3v) is 22.9. The molecule has 5 aromatic rings. The van der Waals surface area contributed by atoms with Crippen molar-refractivity contribution in [1.82, 2.24) is 24.7 Å². The van der Waals surface area contributed by atoms with E-state index < -0.39 is 58.8 Å². The van der Waals surface area contributed by atoms with Crippen molar-refractivity contribution in [3.05, 3.63) is 143 Å². The van der Waals surface area contributed by atoms with Crippen LogP contribution in [0.3, 0.4) is 0 Å². The van der Waals surface area contributed by atoms with Crippen molar-refractivity contribution >= 4 is 89.3 Å². The number of sulfone groups is 1. The van der Waals surface area contributed by atoms with Gasteiger partial charge in [-0.15, -0.1) is 11.8 Å². The molecule has 0 saturated carbocycles. The smallest absolute Gasteiger partial charge is 0.380 e. The Morgan fingerprint density at radius 1 is 0.787 bits per heavy atom. The zero-order valence-electron chi connectivity index (χ0n) is 50.4. The molecule has 4 fully saturated rings. The number of thioether (sulfide) groups is 1. The number of nitrogens with one attached hydrogen (secondary N) is 4. The molecule has 4 N–H and O–H groups in total. The van der Waals surface area contributed by atoms with Gasteiger partial charge in [0.1, 0.15) is 10.9 Å². The standard InChI is InChI=1S/C66H79ClF3N9O7S3/c1-65(2)28-24-57(46-8-12-50(67)13-9-46)49(40-65)42-77-34-37-79-54(43-77)16-10-47-38-48(11-22-60(47)79)63(81)74-89(85,86)56-19-20-58(61(39-56)88(83,84)66(68,69)70)72-52(44-87-55-6-4-3-5-7-55)27-31-75-29-25-45(26-30-75)41-76-32-35-78(36-33-76)53-17-14-51(15-18-53)71-59-21-23-62(80)73-64(59)82/h3-9,11-15,17-20,22,38-39,45,52,54,59,71-72H,10,16,21,23-37,40-44H2,1-2H3,(H,74,81)(H,73,80,82)/t52-,54?,59?/m1/s1. The third-order valence-electron chi connectivity index (χ3n) is 18.6. The van der Waals surface area contributed by atoms with E-state index in [1.807, 2.05) is 65.4 Å². The number of amides is 3. The number of allylic oxidation sites excluding steroid dienone is 1. The molecule has 2 unspecified atom stereocenters. The first-order chi connectivity index (χ1) is 42.5. The van der Waals surface area contributed by atoms with Crippen LogP contribution in [0.4, 0.5) is 35.9 Å². The quantitative estimate of drug-likeness (QED) is 0.0426. The number of anilines is 4. The van der Waals surface area contributed by atoms with Crippen molar-refractivity contribution in [1.29, 1.82) is 0 Å². The number of carbonyl (C=O) groups excluding carboxylic acids is 3. The van der Waals surface area contributed by atoms with Gasteiger partial charge in [-0.25, -0.2) is 21.6 Å². The van der Waals surface area contributed by atoms with E-state index in [0.717, 1.165) is 150 Å². The average Bonchev–Trinajstić information content (AvgIpc) is 0.832. The van der Waals surface area contributed by atoms with Crippen molar-refractivity contribution in [2.24, 2.45) is 11.3 Å². The molecule has 89 heavy (non-hydrogen) atoms. The van der Waals surface area contributed by atoms with E-state index in [2.05, 4.69) is 78.6 Å². The van der Waals surface area contributed by atoms with Crippen LogP contribution in [0, 0.1) is 11.3 Å².